The van der Waals surface area contributed by atoms with Gasteiger partial charge in [0.1, 0.15) is 6.04 Å². The fourth-order valence-corrected chi connectivity index (χ4v) is 3.77. The Balaban J connectivity index is 2.16. The molecule has 1 aromatic carbocycles. The average Bonchev–Trinajstić information content (AvgIpc) is 2.69. The van der Waals surface area contributed by atoms with Gasteiger partial charge in [0, 0.05) is 12.0 Å². The summed E-state index contributed by atoms with van der Waals surface area (Å²) in [7, 11) is 0. The van der Waals surface area contributed by atoms with Crippen molar-refractivity contribution in [2.45, 2.75) is 52.5 Å². The highest BCUT2D eigenvalue weighted by Crippen LogP contribution is 2.30. The van der Waals surface area contributed by atoms with Crippen molar-refractivity contribution in [1.82, 2.24) is 4.90 Å². The molecule has 2 atom stereocenters. The number of carbonyl (C=O) groups excluding carboxylic acids is 2. The van der Waals surface area contributed by atoms with Gasteiger partial charge in [-0.2, -0.15) is 0 Å². The van der Waals surface area contributed by atoms with Crippen LogP contribution in [0, 0.1) is 11.3 Å². The number of carboxylic acids is 1. The van der Waals surface area contributed by atoms with Crippen molar-refractivity contribution >= 4 is 46.9 Å². The Morgan fingerprint density at radius 2 is 1.93 bits per heavy atom. The summed E-state index contributed by atoms with van der Waals surface area (Å²) in [6, 6.07) is 4.25. The number of allylic oxidation sites excluding steroid dienone is 1. The maximum atomic E-state index is 12.8. The number of benzene rings is 1. The van der Waals surface area contributed by atoms with E-state index in [0.717, 1.165) is 5.56 Å². The largest absolute Gasteiger partial charge is 0.480 e. The van der Waals surface area contributed by atoms with E-state index in [0.29, 0.717) is 35.7 Å². The minimum atomic E-state index is -1.08. The van der Waals surface area contributed by atoms with Crippen LogP contribution < -0.4 is 0 Å². The molecule has 1 aliphatic rings. The van der Waals surface area contributed by atoms with Gasteiger partial charge in [0.2, 0.25) is 5.78 Å². The first-order valence-electron chi connectivity index (χ1n) is 9.78. The Morgan fingerprint density at radius 3 is 2.52 bits per heavy atom. The Morgan fingerprint density at radius 1 is 1.24 bits per heavy atom. The van der Waals surface area contributed by atoms with Gasteiger partial charge in [0.15, 0.2) is 0 Å². The van der Waals surface area contributed by atoms with E-state index in [-0.39, 0.29) is 12.5 Å². The lowest BCUT2D eigenvalue weighted by Gasteiger charge is -2.39. The molecular formula is C22H27Cl2NO4. The predicted molar refractivity (Wildman–Crippen MR) is 115 cm³/mol. The number of hydrogen-bond donors (Lipinski definition) is 1. The average molecular weight is 440 g/mol. The smallest absolute Gasteiger partial charge is 0.326 e. The lowest BCUT2D eigenvalue weighted by atomic mass is 9.82. The number of carbonyl (C=O) groups is 3. The standard InChI is InChI=1S/C22H27Cl2NO4/c1-4-22(2,3)19(26)20(27)25-12-6-9-15(18(25)21(28)29)8-5-7-14-10-11-16(23)17(24)13-14/h5,7,10-11,13,15,18H,4,6,8-9,12H2,1-3H3,(H,28,29)/b7-5+. The maximum Gasteiger partial charge on any atom is 0.326 e. The maximum absolute atomic E-state index is 12.8. The molecule has 5 nitrogen and oxygen atoms in total. The molecule has 158 valence electrons. The number of halogens is 2. The topological polar surface area (TPSA) is 74.7 Å². The third kappa shape index (κ3) is 5.61. The summed E-state index contributed by atoms with van der Waals surface area (Å²) < 4.78 is 0. The molecule has 0 spiro atoms. The number of rotatable bonds is 7. The summed E-state index contributed by atoms with van der Waals surface area (Å²) in [5.74, 6) is -2.56. The molecule has 1 amide bonds. The molecule has 2 unspecified atom stereocenters. The molecule has 29 heavy (non-hydrogen) atoms. The van der Waals surface area contributed by atoms with Gasteiger partial charge in [-0.3, -0.25) is 9.59 Å². The molecule has 1 aromatic rings. The third-order valence-corrected chi connectivity index (χ3v) is 6.39. The molecule has 0 aromatic heterocycles. The monoisotopic (exact) mass is 439 g/mol. The first-order chi connectivity index (χ1) is 13.6. The van der Waals surface area contributed by atoms with Crippen LogP contribution in [0.25, 0.3) is 6.08 Å². The van der Waals surface area contributed by atoms with E-state index >= 15 is 0 Å². The SMILES string of the molecule is CCC(C)(C)C(=O)C(=O)N1CCCC(C/C=C/c2ccc(Cl)c(Cl)c2)C1C(=O)O. The van der Waals surface area contributed by atoms with Crippen LogP contribution in [0.5, 0.6) is 0 Å². The summed E-state index contributed by atoms with van der Waals surface area (Å²) in [5, 5.41) is 10.7. The fraction of sp³-hybridized carbons (Fsp3) is 0.500. The molecule has 0 radical (unpaired) electrons. The second-order valence-electron chi connectivity index (χ2n) is 8.06. The summed E-state index contributed by atoms with van der Waals surface area (Å²) in [4.78, 5) is 38.6. The second kappa shape index (κ2) is 9.77. The lowest BCUT2D eigenvalue weighted by molar-refractivity contribution is -0.160. The number of likely N-dealkylation sites (tertiary alicyclic amines) is 1. The Hall–Kier alpha value is -1.85. The predicted octanol–water partition coefficient (Wildman–Crippen LogP) is 5.09. The number of ketones is 1. The number of amides is 1. The minimum Gasteiger partial charge on any atom is -0.480 e. The van der Waals surface area contributed by atoms with E-state index in [9.17, 15) is 19.5 Å². The zero-order chi connectivity index (χ0) is 21.8. The van der Waals surface area contributed by atoms with Gasteiger partial charge >= 0.3 is 5.97 Å². The highest BCUT2D eigenvalue weighted by Gasteiger charge is 2.43. The van der Waals surface area contributed by atoms with Crippen LogP contribution >= 0.6 is 23.2 Å². The summed E-state index contributed by atoms with van der Waals surface area (Å²) >= 11 is 11.9. The minimum absolute atomic E-state index is 0.262. The van der Waals surface area contributed by atoms with E-state index in [1.807, 2.05) is 25.1 Å². The highest BCUT2D eigenvalue weighted by molar-refractivity contribution is 6.42. The second-order valence-corrected chi connectivity index (χ2v) is 8.88. The van der Waals surface area contributed by atoms with Crippen LogP contribution in [0.15, 0.2) is 24.3 Å². The van der Waals surface area contributed by atoms with Gasteiger partial charge in [-0.25, -0.2) is 4.79 Å². The van der Waals surface area contributed by atoms with E-state index in [4.69, 9.17) is 23.2 Å². The van der Waals surface area contributed by atoms with Gasteiger partial charge in [-0.05, 0) is 49.3 Å². The normalized spacial score (nSPS) is 20.1. The summed E-state index contributed by atoms with van der Waals surface area (Å²) in [5.41, 5.74) is 0.0517. The van der Waals surface area contributed by atoms with Crippen molar-refractivity contribution in [1.29, 1.82) is 0 Å². The fourth-order valence-electron chi connectivity index (χ4n) is 3.46. The van der Waals surface area contributed by atoms with E-state index < -0.39 is 29.1 Å². The first-order valence-corrected chi connectivity index (χ1v) is 10.5. The van der Waals surface area contributed by atoms with Gasteiger partial charge in [-0.15, -0.1) is 0 Å². The number of aliphatic carboxylic acids is 1. The van der Waals surface area contributed by atoms with Crippen LogP contribution in [0.2, 0.25) is 10.0 Å². The molecule has 0 bridgehead atoms. The Bertz CT molecular complexity index is 819. The van der Waals surface area contributed by atoms with Crippen molar-refractivity contribution < 1.29 is 19.5 Å². The van der Waals surface area contributed by atoms with Gasteiger partial charge in [-0.1, -0.05) is 62.2 Å². The number of carboxylic acid groups (broad SMARTS) is 1. The van der Waals surface area contributed by atoms with Crippen LogP contribution in [0.1, 0.15) is 52.0 Å². The molecule has 1 heterocycles. The van der Waals surface area contributed by atoms with Gasteiger partial charge in [0.05, 0.1) is 10.0 Å². The molecule has 2 rings (SSSR count). The summed E-state index contributed by atoms with van der Waals surface area (Å²) in [6.45, 7) is 5.55. The highest BCUT2D eigenvalue weighted by atomic mass is 35.5. The van der Waals surface area contributed by atoms with Crippen molar-refractivity contribution in [3.05, 3.63) is 39.9 Å². The third-order valence-electron chi connectivity index (χ3n) is 5.66. The Kier molecular flexibility index (Phi) is 7.89. The van der Waals surface area contributed by atoms with Crippen molar-refractivity contribution in [3.63, 3.8) is 0 Å². The molecule has 0 saturated carbocycles. The number of hydrogen-bond acceptors (Lipinski definition) is 3. The molecule has 1 fully saturated rings. The quantitative estimate of drug-likeness (QED) is 0.599. The van der Waals surface area contributed by atoms with Crippen LogP contribution in [-0.2, 0) is 14.4 Å². The molecule has 0 aliphatic carbocycles. The van der Waals surface area contributed by atoms with E-state index in [1.54, 1.807) is 26.0 Å². The number of nitrogens with zero attached hydrogens (tertiary/aromatic N) is 1. The van der Waals surface area contributed by atoms with E-state index in [2.05, 4.69) is 0 Å². The van der Waals surface area contributed by atoms with Crippen LogP contribution in [0.3, 0.4) is 0 Å². The molecule has 7 heteroatoms. The molecule has 1 N–H and O–H groups in total. The zero-order valence-electron chi connectivity index (χ0n) is 17.0. The van der Waals surface area contributed by atoms with Gasteiger partial charge in [0.25, 0.3) is 5.91 Å². The van der Waals surface area contributed by atoms with E-state index in [1.165, 1.54) is 4.90 Å². The molecule has 1 saturated heterocycles. The van der Waals surface area contributed by atoms with Crippen LogP contribution in [0.4, 0.5) is 0 Å². The Labute approximate surface area is 181 Å². The number of Topliss-reactive ketones (excluding diaryl/α,β-unsaturated/α-hetero) is 1. The zero-order valence-corrected chi connectivity index (χ0v) is 18.5. The summed E-state index contributed by atoms with van der Waals surface area (Å²) in [6.07, 6.45) is 6.07. The van der Waals surface area contributed by atoms with Crippen molar-refractivity contribution in [3.8, 4) is 0 Å². The van der Waals surface area contributed by atoms with Crippen molar-refractivity contribution in [2.24, 2.45) is 11.3 Å². The van der Waals surface area contributed by atoms with Crippen molar-refractivity contribution in [2.75, 3.05) is 6.54 Å². The lowest BCUT2D eigenvalue weighted by Crippen LogP contribution is -2.56. The van der Waals surface area contributed by atoms with Crippen LogP contribution in [-0.4, -0.2) is 40.3 Å². The van der Waals surface area contributed by atoms with Gasteiger partial charge < -0.3 is 10.0 Å². The first kappa shape index (κ1) is 23.4. The number of piperidine rings is 1. The molecular weight excluding hydrogens is 413 g/mol. The molecule has 1 aliphatic heterocycles.